The van der Waals surface area contributed by atoms with Crippen molar-refractivity contribution >= 4 is 27.9 Å². The Kier molecular flexibility index (Phi) is 5.66. The molecule has 0 saturated carbocycles. The SMILES string of the molecule is COC(=O)c1ccc(CN(Cc2ccc3c(c2)n(C)c(=O)n3C)[SH](=O)=O)cc1. The molecule has 1 aromatic heterocycles. The van der Waals surface area contributed by atoms with E-state index in [0.717, 1.165) is 22.2 Å². The molecule has 0 fully saturated rings. The maximum atomic E-state index is 12.1. The van der Waals surface area contributed by atoms with E-state index in [1.807, 2.05) is 18.2 Å². The van der Waals surface area contributed by atoms with Gasteiger partial charge in [-0.05, 0) is 35.4 Å². The lowest BCUT2D eigenvalue weighted by Gasteiger charge is -2.16. The number of benzene rings is 2. The summed E-state index contributed by atoms with van der Waals surface area (Å²) in [6.45, 7) is 0.350. The van der Waals surface area contributed by atoms with Crippen LogP contribution in [0.2, 0.25) is 0 Å². The van der Waals surface area contributed by atoms with E-state index in [2.05, 4.69) is 4.74 Å². The lowest BCUT2D eigenvalue weighted by Crippen LogP contribution is -2.21. The van der Waals surface area contributed by atoms with E-state index in [-0.39, 0.29) is 18.8 Å². The zero-order valence-electron chi connectivity index (χ0n) is 15.8. The van der Waals surface area contributed by atoms with Crippen molar-refractivity contribution in [1.82, 2.24) is 13.4 Å². The molecule has 2 aromatic carbocycles. The molecular weight excluding hydrogens is 382 g/mol. The van der Waals surface area contributed by atoms with E-state index in [1.54, 1.807) is 42.9 Å². The Morgan fingerprint density at radius 2 is 1.54 bits per heavy atom. The lowest BCUT2D eigenvalue weighted by atomic mass is 10.1. The standard InChI is InChI=1S/C19H21N3O5S/c1-20-16-9-6-14(10-17(16)21(2)19(20)24)12-22(28(25)26)11-13-4-7-15(8-5-13)18(23)27-3/h4-10,28H,11-12H2,1-3H3. The first-order chi connectivity index (χ1) is 13.3. The van der Waals surface area contributed by atoms with Gasteiger partial charge in [0.05, 0.1) is 23.7 Å². The minimum atomic E-state index is -2.82. The molecule has 0 spiro atoms. The Labute approximate surface area is 163 Å². The molecular formula is C19H21N3O5S. The van der Waals surface area contributed by atoms with E-state index in [1.165, 1.54) is 16.0 Å². The van der Waals surface area contributed by atoms with Crippen LogP contribution in [0.4, 0.5) is 0 Å². The molecule has 0 radical (unpaired) electrons. The van der Waals surface area contributed by atoms with E-state index in [9.17, 15) is 18.0 Å². The summed E-state index contributed by atoms with van der Waals surface area (Å²) in [4.78, 5) is 23.6. The number of aromatic nitrogens is 2. The lowest BCUT2D eigenvalue weighted by molar-refractivity contribution is 0.0600. The molecule has 0 amide bonds. The highest BCUT2D eigenvalue weighted by molar-refractivity contribution is 7.69. The van der Waals surface area contributed by atoms with Crippen molar-refractivity contribution in [2.45, 2.75) is 13.1 Å². The second-order valence-corrected chi connectivity index (χ2v) is 7.51. The third kappa shape index (κ3) is 3.85. The molecule has 3 aromatic rings. The van der Waals surface area contributed by atoms with Crippen LogP contribution in [0.3, 0.4) is 0 Å². The first kappa shape index (κ1) is 19.8. The molecule has 3 rings (SSSR count). The molecule has 0 aliphatic rings. The van der Waals surface area contributed by atoms with Crippen molar-refractivity contribution < 1.29 is 17.9 Å². The third-order valence-electron chi connectivity index (χ3n) is 4.67. The first-order valence-corrected chi connectivity index (χ1v) is 9.65. The minimum Gasteiger partial charge on any atom is -0.465 e. The fourth-order valence-corrected chi connectivity index (χ4v) is 3.67. The number of ether oxygens (including phenoxy) is 1. The van der Waals surface area contributed by atoms with Crippen LogP contribution in [0.5, 0.6) is 0 Å². The van der Waals surface area contributed by atoms with Gasteiger partial charge in [-0.2, -0.15) is 4.31 Å². The van der Waals surface area contributed by atoms with Gasteiger partial charge in [0.2, 0.25) is 10.9 Å². The predicted octanol–water partition coefficient (Wildman–Crippen LogP) is 1.19. The van der Waals surface area contributed by atoms with Crippen LogP contribution >= 0.6 is 0 Å². The number of imidazole rings is 1. The largest absolute Gasteiger partial charge is 0.465 e. The van der Waals surface area contributed by atoms with Crippen LogP contribution in [0.15, 0.2) is 47.3 Å². The number of esters is 1. The number of hydrogen-bond acceptors (Lipinski definition) is 5. The Hall–Kier alpha value is -2.91. The second kappa shape index (κ2) is 7.99. The molecule has 0 aliphatic heterocycles. The fourth-order valence-electron chi connectivity index (χ4n) is 3.11. The van der Waals surface area contributed by atoms with Gasteiger partial charge in [0.1, 0.15) is 0 Å². The monoisotopic (exact) mass is 403 g/mol. The summed E-state index contributed by atoms with van der Waals surface area (Å²) in [5, 5.41) is 0. The highest BCUT2D eigenvalue weighted by Crippen LogP contribution is 2.17. The molecule has 8 nitrogen and oxygen atoms in total. The number of hydrogen-bond donors (Lipinski definition) is 1. The van der Waals surface area contributed by atoms with Crippen LogP contribution < -0.4 is 5.69 Å². The van der Waals surface area contributed by atoms with Crippen LogP contribution in [0.1, 0.15) is 21.5 Å². The second-order valence-electron chi connectivity index (χ2n) is 6.47. The molecule has 148 valence electrons. The Morgan fingerprint density at radius 3 is 2.14 bits per heavy atom. The molecule has 0 unspecified atom stereocenters. The zero-order chi connectivity index (χ0) is 20.4. The molecule has 1 heterocycles. The summed E-state index contributed by atoms with van der Waals surface area (Å²) in [7, 11) is 1.87. The van der Waals surface area contributed by atoms with Gasteiger partial charge in [-0.3, -0.25) is 9.13 Å². The van der Waals surface area contributed by atoms with Crippen LogP contribution in [0, 0.1) is 0 Å². The Bertz CT molecular complexity index is 1150. The van der Waals surface area contributed by atoms with Crippen molar-refractivity contribution in [3.8, 4) is 0 Å². The number of carbonyl (C=O) groups excluding carboxylic acids is 1. The molecule has 0 aliphatic carbocycles. The predicted molar refractivity (Wildman–Crippen MR) is 106 cm³/mol. The highest BCUT2D eigenvalue weighted by Gasteiger charge is 2.13. The Morgan fingerprint density at radius 1 is 0.964 bits per heavy atom. The van der Waals surface area contributed by atoms with E-state index < -0.39 is 16.9 Å². The van der Waals surface area contributed by atoms with Crippen molar-refractivity contribution in [3.63, 3.8) is 0 Å². The van der Waals surface area contributed by atoms with Gasteiger partial charge in [-0.15, -0.1) is 0 Å². The average Bonchev–Trinajstić information content (AvgIpc) is 2.91. The number of rotatable bonds is 6. The topological polar surface area (TPSA) is 90.6 Å². The minimum absolute atomic E-state index is 0.135. The average molecular weight is 403 g/mol. The fraction of sp³-hybridized carbons (Fsp3) is 0.263. The number of aryl methyl sites for hydroxylation is 2. The van der Waals surface area contributed by atoms with Gasteiger partial charge in [-0.25, -0.2) is 18.0 Å². The summed E-state index contributed by atoms with van der Waals surface area (Å²) >= 11 is 0. The van der Waals surface area contributed by atoms with Crippen molar-refractivity contribution in [2.24, 2.45) is 14.1 Å². The van der Waals surface area contributed by atoms with E-state index in [0.29, 0.717) is 5.56 Å². The van der Waals surface area contributed by atoms with Crippen LogP contribution in [0.25, 0.3) is 11.0 Å². The summed E-state index contributed by atoms with van der Waals surface area (Å²) in [6.07, 6.45) is 0. The quantitative estimate of drug-likeness (QED) is 0.493. The molecule has 28 heavy (non-hydrogen) atoms. The van der Waals surface area contributed by atoms with Crippen LogP contribution in [-0.2, 0) is 42.8 Å². The number of carbonyl (C=O) groups is 1. The summed E-state index contributed by atoms with van der Waals surface area (Å²) in [6, 6.07) is 12.0. The van der Waals surface area contributed by atoms with Crippen molar-refractivity contribution in [3.05, 3.63) is 69.6 Å². The van der Waals surface area contributed by atoms with Gasteiger partial charge in [0.25, 0.3) is 0 Å². The summed E-state index contributed by atoms with van der Waals surface area (Å²) in [5.41, 5.74) is 3.32. The third-order valence-corrected chi connectivity index (χ3v) is 5.42. The summed E-state index contributed by atoms with van der Waals surface area (Å²) in [5.74, 6) is -0.444. The zero-order valence-corrected chi connectivity index (χ0v) is 16.7. The smallest absolute Gasteiger partial charge is 0.337 e. The van der Waals surface area contributed by atoms with E-state index in [4.69, 9.17) is 0 Å². The normalized spacial score (nSPS) is 11.5. The first-order valence-electron chi connectivity index (χ1n) is 8.52. The van der Waals surface area contributed by atoms with Gasteiger partial charge < -0.3 is 4.74 Å². The van der Waals surface area contributed by atoms with Crippen molar-refractivity contribution in [1.29, 1.82) is 0 Å². The Balaban J connectivity index is 1.83. The molecule has 9 heteroatoms. The number of fused-ring (bicyclic) bond motifs is 1. The summed E-state index contributed by atoms with van der Waals surface area (Å²) < 4.78 is 32.5. The number of thiol groups is 1. The van der Waals surface area contributed by atoms with Gasteiger partial charge >= 0.3 is 11.7 Å². The number of methoxy groups -OCH3 is 1. The van der Waals surface area contributed by atoms with Gasteiger partial charge in [0, 0.05) is 27.2 Å². The maximum Gasteiger partial charge on any atom is 0.337 e. The molecule has 0 N–H and O–H groups in total. The maximum absolute atomic E-state index is 12.1. The molecule has 0 saturated heterocycles. The molecule has 0 bridgehead atoms. The van der Waals surface area contributed by atoms with E-state index >= 15 is 0 Å². The van der Waals surface area contributed by atoms with Gasteiger partial charge in [-0.1, -0.05) is 18.2 Å². The number of nitrogens with zero attached hydrogens (tertiary/aromatic N) is 3. The highest BCUT2D eigenvalue weighted by atomic mass is 32.2. The van der Waals surface area contributed by atoms with Crippen LogP contribution in [-0.4, -0.2) is 34.9 Å². The molecule has 0 atom stereocenters. The van der Waals surface area contributed by atoms with Gasteiger partial charge in [0.15, 0.2) is 0 Å². The van der Waals surface area contributed by atoms with Crippen molar-refractivity contribution in [2.75, 3.05) is 7.11 Å².